The van der Waals surface area contributed by atoms with Gasteiger partial charge in [-0.15, -0.1) is 0 Å². The molecule has 1 fully saturated rings. The monoisotopic (exact) mass is 630 g/mol. The van der Waals surface area contributed by atoms with Crippen molar-refractivity contribution in [2.45, 2.75) is 58.4 Å². The molecule has 3 aromatic rings. The number of hydrogen-bond acceptors (Lipinski definition) is 7. The maximum atomic E-state index is 13.1. The third kappa shape index (κ3) is 9.88. The van der Waals surface area contributed by atoms with Crippen LogP contribution in [0.15, 0.2) is 48.5 Å². The Labute approximate surface area is 266 Å². The number of benzene rings is 2. The van der Waals surface area contributed by atoms with E-state index in [2.05, 4.69) is 39.6 Å². The van der Waals surface area contributed by atoms with Gasteiger partial charge in [-0.3, -0.25) is 4.79 Å². The van der Waals surface area contributed by atoms with Crippen molar-refractivity contribution < 1.29 is 31.2 Å². The highest BCUT2D eigenvalue weighted by molar-refractivity contribution is 6.31. The van der Waals surface area contributed by atoms with Crippen LogP contribution in [0.1, 0.15) is 61.1 Å². The Hall–Kier alpha value is -3.27. The van der Waals surface area contributed by atoms with E-state index in [1.807, 2.05) is 38.1 Å². The highest BCUT2D eigenvalue weighted by atomic mass is 35.5. The first-order valence-corrected chi connectivity index (χ1v) is 15.4. The molecule has 1 amide bonds. The van der Waals surface area contributed by atoms with Crippen molar-refractivity contribution in [1.29, 1.82) is 0 Å². The Morgan fingerprint density at radius 1 is 0.907 bits per heavy atom. The van der Waals surface area contributed by atoms with Gasteiger partial charge in [0.05, 0.1) is 45.4 Å². The molecule has 0 aliphatic carbocycles. The first-order valence-electron chi connectivity index (χ1n) is 15.0. The summed E-state index contributed by atoms with van der Waals surface area (Å²) in [5.41, 5.74) is 14.3. The third-order valence-corrected chi connectivity index (χ3v) is 8.19. The van der Waals surface area contributed by atoms with Crippen LogP contribution in [0.4, 0.5) is 11.6 Å². The molecular formula is C32H44Cl2N6O3. The van der Waals surface area contributed by atoms with E-state index in [-0.39, 0.29) is 46.8 Å². The first kappa shape index (κ1) is 34.2. The SMILES string of the molecule is CCOc1ccc(CCC[N+]2(CCCc3ccc(OCC)cc3)CCCC(NC(=O)c3nc(Cl)c(N)nc3N)C2)cc1.[Cl-]. The number of carbonyl (C=O) groups excluding carboxylic acids is 1. The number of nitrogens with zero attached hydrogens (tertiary/aromatic N) is 3. The molecule has 1 saturated heterocycles. The van der Waals surface area contributed by atoms with Gasteiger partial charge in [-0.2, -0.15) is 0 Å². The largest absolute Gasteiger partial charge is 1.00 e. The predicted molar refractivity (Wildman–Crippen MR) is 168 cm³/mol. The topological polar surface area (TPSA) is 125 Å². The fraction of sp³-hybridized carbons (Fsp3) is 0.469. The van der Waals surface area contributed by atoms with E-state index in [9.17, 15) is 4.79 Å². The number of amides is 1. The molecule has 0 radical (unpaired) electrons. The third-order valence-electron chi connectivity index (χ3n) is 7.91. The Kier molecular flexibility index (Phi) is 13.2. The van der Waals surface area contributed by atoms with Crippen molar-refractivity contribution in [2.24, 2.45) is 0 Å². The molecule has 1 aliphatic heterocycles. The number of ether oxygens (including phenoxy) is 2. The second-order valence-corrected chi connectivity index (χ2v) is 11.4. The molecule has 4 rings (SSSR count). The summed E-state index contributed by atoms with van der Waals surface area (Å²) in [4.78, 5) is 21.2. The Morgan fingerprint density at radius 3 is 1.95 bits per heavy atom. The number of halogens is 2. The number of nitrogen functional groups attached to an aromatic ring is 2. The predicted octanol–water partition coefficient (Wildman–Crippen LogP) is 2.07. The number of anilines is 2. The molecule has 2 heterocycles. The maximum absolute atomic E-state index is 13.1. The summed E-state index contributed by atoms with van der Waals surface area (Å²) < 4.78 is 12.2. The van der Waals surface area contributed by atoms with Gasteiger partial charge >= 0.3 is 0 Å². The number of nitrogens with one attached hydrogen (secondary N) is 1. The van der Waals surface area contributed by atoms with Gasteiger partial charge in [-0.1, -0.05) is 35.9 Å². The molecule has 43 heavy (non-hydrogen) atoms. The lowest BCUT2D eigenvalue weighted by Gasteiger charge is -2.45. The minimum atomic E-state index is -0.365. The van der Waals surface area contributed by atoms with Crippen LogP contribution in [0.5, 0.6) is 11.5 Å². The highest BCUT2D eigenvalue weighted by Crippen LogP contribution is 2.24. The van der Waals surface area contributed by atoms with Crippen LogP contribution < -0.4 is 38.7 Å². The lowest BCUT2D eigenvalue weighted by molar-refractivity contribution is -0.933. The average Bonchev–Trinajstić information content (AvgIpc) is 2.97. The van der Waals surface area contributed by atoms with Crippen LogP contribution in [0, 0.1) is 0 Å². The van der Waals surface area contributed by atoms with Crippen molar-refractivity contribution in [1.82, 2.24) is 15.3 Å². The summed E-state index contributed by atoms with van der Waals surface area (Å²) in [5, 5.41) is 3.14. The zero-order valence-electron chi connectivity index (χ0n) is 25.2. The van der Waals surface area contributed by atoms with Crippen LogP contribution in [0.2, 0.25) is 5.15 Å². The van der Waals surface area contributed by atoms with Crippen LogP contribution in [-0.4, -0.2) is 65.8 Å². The van der Waals surface area contributed by atoms with Gasteiger partial charge in [0, 0.05) is 12.8 Å². The Bertz CT molecular complexity index is 1250. The quantitative estimate of drug-likeness (QED) is 0.233. The summed E-state index contributed by atoms with van der Waals surface area (Å²) in [5.74, 6) is 1.44. The van der Waals surface area contributed by atoms with Crippen molar-refractivity contribution in [3.63, 3.8) is 0 Å². The van der Waals surface area contributed by atoms with E-state index in [4.69, 9.17) is 32.5 Å². The number of quaternary nitrogens is 1. The van der Waals surface area contributed by atoms with Crippen LogP contribution in [-0.2, 0) is 12.8 Å². The summed E-state index contributed by atoms with van der Waals surface area (Å²) in [7, 11) is 0. The molecule has 1 aliphatic rings. The highest BCUT2D eigenvalue weighted by Gasteiger charge is 2.35. The fourth-order valence-electron chi connectivity index (χ4n) is 5.90. The van der Waals surface area contributed by atoms with Crippen molar-refractivity contribution >= 4 is 29.1 Å². The molecule has 1 unspecified atom stereocenters. The van der Waals surface area contributed by atoms with Gasteiger partial charge in [-0.25, -0.2) is 9.97 Å². The summed E-state index contributed by atoms with van der Waals surface area (Å²) >= 11 is 6.03. The van der Waals surface area contributed by atoms with Gasteiger partial charge in [0.15, 0.2) is 22.5 Å². The summed E-state index contributed by atoms with van der Waals surface area (Å²) in [6.45, 7) is 9.35. The molecule has 0 bridgehead atoms. The molecule has 0 spiro atoms. The second kappa shape index (κ2) is 16.5. The van der Waals surface area contributed by atoms with Gasteiger partial charge in [0.1, 0.15) is 11.5 Å². The second-order valence-electron chi connectivity index (χ2n) is 11.0. The van der Waals surface area contributed by atoms with E-state index >= 15 is 0 Å². The van der Waals surface area contributed by atoms with Crippen LogP contribution >= 0.6 is 11.6 Å². The van der Waals surface area contributed by atoms with E-state index in [0.717, 1.165) is 80.7 Å². The number of aromatic nitrogens is 2. The molecule has 5 N–H and O–H groups in total. The number of hydrogen-bond donors (Lipinski definition) is 3. The molecule has 11 heteroatoms. The summed E-state index contributed by atoms with van der Waals surface area (Å²) in [6, 6.07) is 16.8. The molecule has 0 saturated carbocycles. The van der Waals surface area contributed by atoms with Gasteiger partial charge in [0.2, 0.25) is 0 Å². The lowest BCUT2D eigenvalue weighted by atomic mass is 9.99. The van der Waals surface area contributed by atoms with E-state index in [1.165, 1.54) is 11.1 Å². The van der Waals surface area contributed by atoms with Gasteiger partial charge in [-0.05, 0) is 74.9 Å². The average molecular weight is 632 g/mol. The smallest absolute Gasteiger partial charge is 0.274 e. The van der Waals surface area contributed by atoms with E-state index < -0.39 is 0 Å². The number of carbonyl (C=O) groups is 1. The number of likely N-dealkylation sites (tertiary alicyclic amines) is 1. The molecule has 1 aromatic heterocycles. The van der Waals surface area contributed by atoms with E-state index in [1.54, 1.807) is 0 Å². The van der Waals surface area contributed by atoms with Crippen molar-refractivity contribution in [3.05, 3.63) is 70.5 Å². The minimum absolute atomic E-state index is 0. The Morgan fingerprint density at radius 2 is 1.44 bits per heavy atom. The standard InChI is InChI=1S/C32H43ClN6O3.ClH/c1-3-41-26-15-11-23(12-16-26)8-5-19-39(20-6-9-24-13-17-27(18-14-24)42-4-2)21-7-10-25(22-39)36-32(40)28-30(34)38-31(35)29(33)37-28;/h11-18,25H,3-10,19-22H2,1-2H3,(H4-,34,35,36,38,40);1H. The Balaban J connectivity index is 0.00000506. The van der Waals surface area contributed by atoms with Crippen LogP contribution in [0.25, 0.3) is 0 Å². The minimum Gasteiger partial charge on any atom is -1.00 e. The number of piperidine rings is 1. The van der Waals surface area contributed by atoms with Crippen molar-refractivity contribution in [2.75, 3.05) is 50.9 Å². The number of rotatable bonds is 14. The van der Waals surface area contributed by atoms with Gasteiger partial charge < -0.3 is 43.1 Å². The van der Waals surface area contributed by atoms with Crippen LogP contribution in [0.3, 0.4) is 0 Å². The number of nitrogens with two attached hydrogens (primary N) is 2. The zero-order valence-corrected chi connectivity index (χ0v) is 26.7. The molecule has 1 atom stereocenters. The van der Waals surface area contributed by atoms with Gasteiger partial charge in [0.25, 0.3) is 5.91 Å². The first-order chi connectivity index (χ1) is 20.3. The van der Waals surface area contributed by atoms with Crippen molar-refractivity contribution in [3.8, 4) is 11.5 Å². The maximum Gasteiger partial charge on any atom is 0.274 e. The normalized spacial score (nSPS) is 15.7. The summed E-state index contributed by atoms with van der Waals surface area (Å²) in [6.07, 6.45) is 6.05. The molecular weight excluding hydrogens is 587 g/mol. The molecule has 234 valence electrons. The number of aryl methyl sites for hydroxylation is 2. The molecule has 2 aromatic carbocycles. The molecule has 9 nitrogen and oxygen atoms in total. The zero-order chi connectivity index (χ0) is 30.0. The lowest BCUT2D eigenvalue weighted by Crippen LogP contribution is -3.00. The van der Waals surface area contributed by atoms with E-state index in [0.29, 0.717) is 13.2 Å². The fourth-order valence-corrected chi connectivity index (χ4v) is 6.02.